The predicted molar refractivity (Wildman–Crippen MR) is 63.3 cm³/mol. The Hall–Kier alpha value is -1.56. The van der Waals surface area contributed by atoms with Crippen molar-refractivity contribution in [2.75, 3.05) is 25.4 Å². The number of nitrogen functional groups attached to an aromatic ring is 1. The second kappa shape index (κ2) is 4.75. The van der Waals surface area contributed by atoms with Crippen LogP contribution in [0.3, 0.4) is 0 Å². The van der Waals surface area contributed by atoms with Crippen molar-refractivity contribution in [3.63, 3.8) is 0 Å². The number of anilines is 1. The van der Waals surface area contributed by atoms with Gasteiger partial charge in [0, 0.05) is 26.7 Å². The second-order valence-corrected chi connectivity index (χ2v) is 4.49. The van der Waals surface area contributed by atoms with Crippen molar-refractivity contribution in [1.82, 2.24) is 14.7 Å². The number of piperidine rings is 1. The molecule has 1 aromatic heterocycles. The maximum Gasteiger partial charge on any atom is 0.274 e. The van der Waals surface area contributed by atoms with Gasteiger partial charge in [0.2, 0.25) is 0 Å². The molecule has 1 fully saturated rings. The van der Waals surface area contributed by atoms with Crippen molar-refractivity contribution < 1.29 is 9.90 Å². The third-order valence-corrected chi connectivity index (χ3v) is 3.33. The van der Waals surface area contributed by atoms with Crippen LogP contribution in [0.2, 0.25) is 0 Å². The number of hydrogen-bond donors (Lipinski definition) is 2. The lowest BCUT2D eigenvalue weighted by Crippen LogP contribution is -2.40. The maximum absolute atomic E-state index is 12.2. The molecule has 94 valence electrons. The molecule has 2 heterocycles. The fourth-order valence-corrected chi connectivity index (χ4v) is 2.18. The number of rotatable bonds is 2. The zero-order chi connectivity index (χ0) is 12.4. The van der Waals surface area contributed by atoms with Gasteiger partial charge in [0.1, 0.15) is 5.69 Å². The molecule has 0 radical (unpaired) electrons. The van der Waals surface area contributed by atoms with Crippen LogP contribution in [0.15, 0.2) is 6.20 Å². The van der Waals surface area contributed by atoms with Crippen LogP contribution in [-0.4, -0.2) is 45.4 Å². The smallest absolute Gasteiger partial charge is 0.274 e. The van der Waals surface area contributed by atoms with Gasteiger partial charge in [0.25, 0.3) is 5.91 Å². The molecule has 1 aromatic rings. The van der Waals surface area contributed by atoms with Gasteiger partial charge < -0.3 is 15.7 Å². The Balaban J connectivity index is 2.07. The minimum absolute atomic E-state index is 0.0705. The topological polar surface area (TPSA) is 84.4 Å². The van der Waals surface area contributed by atoms with E-state index < -0.39 is 0 Å². The quantitative estimate of drug-likeness (QED) is 0.750. The van der Waals surface area contributed by atoms with E-state index >= 15 is 0 Å². The van der Waals surface area contributed by atoms with Gasteiger partial charge >= 0.3 is 0 Å². The zero-order valence-electron chi connectivity index (χ0n) is 9.96. The first-order chi connectivity index (χ1) is 8.13. The van der Waals surface area contributed by atoms with Crippen molar-refractivity contribution in [3.05, 3.63) is 11.9 Å². The van der Waals surface area contributed by atoms with Gasteiger partial charge in [-0.3, -0.25) is 9.48 Å². The van der Waals surface area contributed by atoms with Gasteiger partial charge in [0.15, 0.2) is 0 Å². The molecule has 17 heavy (non-hydrogen) atoms. The van der Waals surface area contributed by atoms with Crippen molar-refractivity contribution in [3.8, 4) is 0 Å². The molecule has 6 nitrogen and oxygen atoms in total. The monoisotopic (exact) mass is 238 g/mol. The fourth-order valence-electron chi connectivity index (χ4n) is 2.18. The third kappa shape index (κ3) is 2.26. The first kappa shape index (κ1) is 11.9. The summed E-state index contributed by atoms with van der Waals surface area (Å²) in [5, 5.41) is 13.0. The van der Waals surface area contributed by atoms with Crippen LogP contribution in [-0.2, 0) is 7.05 Å². The molecule has 3 N–H and O–H groups in total. The van der Waals surface area contributed by atoms with Gasteiger partial charge in [-0.1, -0.05) is 0 Å². The molecule has 1 aliphatic heterocycles. The lowest BCUT2D eigenvalue weighted by molar-refractivity contribution is 0.0641. The molecular formula is C11H18N4O2. The normalized spacial score (nSPS) is 17.4. The Morgan fingerprint density at radius 3 is 2.71 bits per heavy atom. The number of aromatic nitrogens is 2. The highest BCUT2D eigenvalue weighted by Crippen LogP contribution is 2.20. The minimum Gasteiger partial charge on any atom is -0.396 e. The Labute approximate surface area is 100 Å². The van der Waals surface area contributed by atoms with Crippen LogP contribution in [0.5, 0.6) is 0 Å². The summed E-state index contributed by atoms with van der Waals surface area (Å²) in [4.78, 5) is 14.0. The van der Waals surface area contributed by atoms with E-state index in [1.54, 1.807) is 11.9 Å². The summed E-state index contributed by atoms with van der Waals surface area (Å²) in [5.74, 6) is 0.252. The third-order valence-electron chi connectivity index (χ3n) is 3.33. The average Bonchev–Trinajstić information content (AvgIpc) is 2.68. The predicted octanol–water partition coefficient (Wildman–Crippen LogP) is -0.153. The van der Waals surface area contributed by atoms with E-state index in [-0.39, 0.29) is 12.5 Å². The molecule has 0 bridgehead atoms. The minimum atomic E-state index is -0.0705. The van der Waals surface area contributed by atoms with E-state index in [1.165, 1.54) is 10.9 Å². The molecule has 0 unspecified atom stereocenters. The zero-order valence-corrected chi connectivity index (χ0v) is 9.96. The van der Waals surface area contributed by atoms with Crippen molar-refractivity contribution in [2.45, 2.75) is 12.8 Å². The number of amides is 1. The van der Waals surface area contributed by atoms with Crippen LogP contribution < -0.4 is 5.73 Å². The Morgan fingerprint density at radius 2 is 2.24 bits per heavy atom. The van der Waals surface area contributed by atoms with Gasteiger partial charge in [-0.25, -0.2) is 0 Å². The number of aliphatic hydroxyl groups is 1. The van der Waals surface area contributed by atoms with Crippen LogP contribution in [0.25, 0.3) is 0 Å². The SMILES string of the molecule is Cn1ncc(N)c1C(=O)N1CCC(CO)CC1. The van der Waals surface area contributed by atoms with E-state index in [0.29, 0.717) is 30.4 Å². The van der Waals surface area contributed by atoms with E-state index in [1.807, 2.05) is 0 Å². The Bertz CT molecular complexity index is 388. The molecular weight excluding hydrogens is 220 g/mol. The molecule has 0 aromatic carbocycles. The van der Waals surface area contributed by atoms with Crippen LogP contribution >= 0.6 is 0 Å². The number of carbonyl (C=O) groups is 1. The standard InChI is InChI=1S/C11H18N4O2/c1-14-10(9(12)6-13-14)11(17)15-4-2-8(7-16)3-5-15/h6,8,16H,2-5,7,12H2,1H3. The first-order valence-electron chi connectivity index (χ1n) is 5.81. The average molecular weight is 238 g/mol. The summed E-state index contributed by atoms with van der Waals surface area (Å²) in [7, 11) is 1.71. The van der Waals surface area contributed by atoms with Crippen LogP contribution in [0.4, 0.5) is 5.69 Å². The van der Waals surface area contributed by atoms with Crippen molar-refractivity contribution in [1.29, 1.82) is 0 Å². The highest BCUT2D eigenvalue weighted by atomic mass is 16.3. The summed E-state index contributed by atoms with van der Waals surface area (Å²) in [6, 6.07) is 0. The summed E-state index contributed by atoms with van der Waals surface area (Å²) < 4.78 is 1.51. The number of hydrogen-bond acceptors (Lipinski definition) is 4. The van der Waals surface area contributed by atoms with Crippen LogP contribution in [0.1, 0.15) is 23.3 Å². The molecule has 0 saturated carbocycles. The molecule has 1 saturated heterocycles. The summed E-state index contributed by atoms with van der Waals surface area (Å²) in [6.07, 6.45) is 3.19. The number of nitrogens with two attached hydrogens (primary N) is 1. The fraction of sp³-hybridized carbons (Fsp3) is 0.636. The summed E-state index contributed by atoms with van der Waals surface area (Å²) in [6.45, 7) is 1.55. The van der Waals surface area contributed by atoms with Gasteiger partial charge in [0.05, 0.1) is 11.9 Å². The number of aryl methyl sites for hydroxylation is 1. The summed E-state index contributed by atoms with van der Waals surface area (Å²) >= 11 is 0. The van der Waals surface area contributed by atoms with Crippen molar-refractivity contribution >= 4 is 11.6 Å². The molecule has 0 spiro atoms. The van der Waals surface area contributed by atoms with Gasteiger partial charge in [-0.15, -0.1) is 0 Å². The number of likely N-dealkylation sites (tertiary alicyclic amines) is 1. The molecule has 6 heteroatoms. The highest BCUT2D eigenvalue weighted by Gasteiger charge is 2.26. The van der Waals surface area contributed by atoms with E-state index in [9.17, 15) is 4.79 Å². The van der Waals surface area contributed by atoms with Gasteiger partial charge in [-0.05, 0) is 18.8 Å². The molecule has 2 rings (SSSR count). The Kier molecular flexibility index (Phi) is 3.33. The van der Waals surface area contributed by atoms with E-state index in [2.05, 4.69) is 5.10 Å². The number of carbonyl (C=O) groups excluding carboxylic acids is 1. The lowest BCUT2D eigenvalue weighted by Gasteiger charge is -2.31. The number of aliphatic hydroxyl groups excluding tert-OH is 1. The Morgan fingerprint density at radius 1 is 1.59 bits per heavy atom. The van der Waals surface area contributed by atoms with Crippen molar-refractivity contribution in [2.24, 2.45) is 13.0 Å². The highest BCUT2D eigenvalue weighted by molar-refractivity contribution is 5.97. The molecule has 1 amide bonds. The second-order valence-electron chi connectivity index (χ2n) is 4.49. The van der Waals surface area contributed by atoms with E-state index in [4.69, 9.17) is 10.8 Å². The number of nitrogens with zero attached hydrogens (tertiary/aromatic N) is 3. The van der Waals surface area contributed by atoms with E-state index in [0.717, 1.165) is 12.8 Å². The van der Waals surface area contributed by atoms with Gasteiger partial charge in [-0.2, -0.15) is 5.10 Å². The van der Waals surface area contributed by atoms with Crippen LogP contribution in [0, 0.1) is 5.92 Å². The lowest BCUT2D eigenvalue weighted by atomic mass is 9.98. The molecule has 0 atom stereocenters. The summed E-state index contributed by atoms with van der Waals surface area (Å²) in [5.41, 5.74) is 6.60. The molecule has 1 aliphatic rings. The maximum atomic E-state index is 12.2. The first-order valence-corrected chi connectivity index (χ1v) is 5.81. The molecule has 0 aliphatic carbocycles. The largest absolute Gasteiger partial charge is 0.396 e.